The summed E-state index contributed by atoms with van der Waals surface area (Å²) in [4.78, 5) is 24.4. The van der Waals surface area contributed by atoms with E-state index in [-0.39, 0.29) is 5.56 Å². The van der Waals surface area contributed by atoms with Crippen molar-refractivity contribution in [1.82, 2.24) is 0 Å². The number of carbonyl (C=O) groups excluding carboxylic acids is 2. The van der Waals surface area contributed by atoms with Crippen LogP contribution in [-0.2, 0) is 9.53 Å². The maximum atomic E-state index is 12.3. The number of rotatable bonds is 6. The Morgan fingerprint density at radius 2 is 1.76 bits per heavy atom. The topological polar surface area (TPSA) is 55.4 Å². The molecule has 0 fully saturated rings. The van der Waals surface area contributed by atoms with Crippen LogP contribution >= 0.6 is 23.4 Å². The molecular formula is C17H14ClF2NO3S. The van der Waals surface area contributed by atoms with Gasteiger partial charge in [-0.2, -0.15) is 8.78 Å². The first-order valence-corrected chi connectivity index (χ1v) is 8.44. The summed E-state index contributed by atoms with van der Waals surface area (Å²) in [6, 6.07) is 12.2. The predicted octanol–water partition coefficient (Wildman–Crippen LogP) is 4.84. The van der Waals surface area contributed by atoms with Crippen LogP contribution in [0.25, 0.3) is 0 Å². The minimum absolute atomic E-state index is 0.163. The Morgan fingerprint density at radius 3 is 2.36 bits per heavy atom. The number of para-hydroxylation sites is 1. The normalized spacial score (nSPS) is 11.9. The van der Waals surface area contributed by atoms with Crippen molar-refractivity contribution in [3.05, 3.63) is 59.1 Å². The van der Waals surface area contributed by atoms with E-state index in [1.807, 2.05) is 0 Å². The number of esters is 1. The molecule has 0 bridgehead atoms. The molecule has 2 rings (SSSR count). The van der Waals surface area contributed by atoms with E-state index in [0.29, 0.717) is 27.4 Å². The van der Waals surface area contributed by atoms with E-state index >= 15 is 0 Å². The molecule has 0 saturated heterocycles. The Morgan fingerprint density at radius 1 is 1.12 bits per heavy atom. The van der Waals surface area contributed by atoms with Crippen LogP contribution in [0.15, 0.2) is 53.4 Å². The van der Waals surface area contributed by atoms with Crippen LogP contribution in [0.1, 0.15) is 17.3 Å². The van der Waals surface area contributed by atoms with E-state index in [9.17, 15) is 18.4 Å². The quantitative estimate of drug-likeness (QED) is 0.571. The maximum absolute atomic E-state index is 12.3. The average Bonchev–Trinajstić information content (AvgIpc) is 2.56. The summed E-state index contributed by atoms with van der Waals surface area (Å²) < 4.78 is 29.6. The number of nitrogens with one attached hydrogen (secondary N) is 1. The second-order valence-electron chi connectivity index (χ2n) is 4.92. The van der Waals surface area contributed by atoms with Crippen molar-refractivity contribution in [3.63, 3.8) is 0 Å². The van der Waals surface area contributed by atoms with E-state index in [4.69, 9.17) is 16.3 Å². The summed E-state index contributed by atoms with van der Waals surface area (Å²) in [5.74, 6) is -3.80. The van der Waals surface area contributed by atoms with Gasteiger partial charge >= 0.3 is 5.97 Å². The molecule has 0 radical (unpaired) electrons. The Kier molecular flexibility index (Phi) is 6.78. The Bertz CT molecular complexity index is 756. The van der Waals surface area contributed by atoms with Crippen LogP contribution in [-0.4, -0.2) is 23.7 Å². The zero-order chi connectivity index (χ0) is 18.4. The van der Waals surface area contributed by atoms with Crippen molar-refractivity contribution in [3.8, 4) is 0 Å². The minimum atomic E-state index is -2.54. The average molecular weight is 386 g/mol. The van der Waals surface area contributed by atoms with Gasteiger partial charge in [-0.05, 0) is 43.3 Å². The third-order valence-electron chi connectivity index (χ3n) is 3.10. The maximum Gasteiger partial charge on any atom is 0.338 e. The van der Waals surface area contributed by atoms with Gasteiger partial charge in [0.15, 0.2) is 6.10 Å². The van der Waals surface area contributed by atoms with Gasteiger partial charge in [0.1, 0.15) is 0 Å². The summed E-state index contributed by atoms with van der Waals surface area (Å²) in [5, 5.41) is 2.93. The Hall–Kier alpha value is -2.12. The number of benzene rings is 2. The molecule has 2 aromatic rings. The molecule has 0 saturated carbocycles. The fourth-order valence-corrected chi connectivity index (χ4v) is 2.53. The highest BCUT2D eigenvalue weighted by atomic mass is 35.5. The summed E-state index contributed by atoms with van der Waals surface area (Å²) >= 11 is 6.33. The van der Waals surface area contributed by atoms with Gasteiger partial charge in [-0.15, -0.1) is 0 Å². The van der Waals surface area contributed by atoms with Crippen LogP contribution in [0.4, 0.5) is 14.5 Å². The second-order valence-corrected chi connectivity index (χ2v) is 6.39. The number of amides is 1. The van der Waals surface area contributed by atoms with Crippen molar-refractivity contribution >= 4 is 40.9 Å². The number of hydrogen-bond acceptors (Lipinski definition) is 4. The van der Waals surface area contributed by atoms with E-state index in [1.54, 1.807) is 24.3 Å². The molecule has 1 unspecified atom stereocenters. The summed E-state index contributed by atoms with van der Waals surface area (Å²) in [6.07, 6.45) is -1.06. The zero-order valence-corrected chi connectivity index (χ0v) is 14.6. The molecule has 25 heavy (non-hydrogen) atoms. The van der Waals surface area contributed by atoms with Crippen LogP contribution in [0.5, 0.6) is 0 Å². The highest BCUT2D eigenvalue weighted by Crippen LogP contribution is 2.25. The lowest BCUT2D eigenvalue weighted by molar-refractivity contribution is -0.123. The molecule has 0 spiro atoms. The molecule has 4 nitrogen and oxygen atoms in total. The number of thioether (sulfide) groups is 1. The molecule has 1 atom stereocenters. The van der Waals surface area contributed by atoms with Crippen LogP contribution in [0, 0.1) is 0 Å². The Balaban J connectivity index is 1.95. The third kappa shape index (κ3) is 5.72. The molecule has 0 aliphatic carbocycles. The van der Waals surface area contributed by atoms with Gasteiger partial charge < -0.3 is 10.1 Å². The van der Waals surface area contributed by atoms with Crippen LogP contribution in [0.2, 0.25) is 5.02 Å². The minimum Gasteiger partial charge on any atom is -0.449 e. The summed E-state index contributed by atoms with van der Waals surface area (Å²) in [6.45, 7) is 1.42. The predicted molar refractivity (Wildman–Crippen MR) is 93.3 cm³/mol. The smallest absolute Gasteiger partial charge is 0.338 e. The van der Waals surface area contributed by atoms with Gasteiger partial charge in [-0.1, -0.05) is 35.5 Å². The van der Waals surface area contributed by atoms with Gasteiger partial charge in [0.2, 0.25) is 0 Å². The second kappa shape index (κ2) is 8.82. The molecule has 0 heterocycles. The lowest BCUT2D eigenvalue weighted by atomic mass is 10.2. The first-order chi connectivity index (χ1) is 11.9. The summed E-state index contributed by atoms with van der Waals surface area (Å²) in [5.41, 5.74) is 0.571. The van der Waals surface area contributed by atoms with E-state index in [1.165, 1.54) is 31.2 Å². The van der Waals surface area contributed by atoms with Crippen molar-refractivity contribution < 1.29 is 23.1 Å². The number of hydrogen-bond donors (Lipinski definition) is 1. The number of carbonyl (C=O) groups is 2. The van der Waals surface area contributed by atoms with Gasteiger partial charge in [0.25, 0.3) is 11.7 Å². The first kappa shape index (κ1) is 19.2. The molecule has 0 aromatic heterocycles. The van der Waals surface area contributed by atoms with E-state index < -0.39 is 23.7 Å². The van der Waals surface area contributed by atoms with Crippen LogP contribution in [0.3, 0.4) is 0 Å². The van der Waals surface area contributed by atoms with E-state index in [0.717, 1.165) is 0 Å². The molecule has 1 N–H and O–H groups in total. The fourth-order valence-electron chi connectivity index (χ4n) is 1.85. The SMILES string of the molecule is CC(OC(=O)c1ccc(SC(F)F)cc1)C(=O)Nc1ccccc1Cl. The molecule has 1 amide bonds. The first-order valence-electron chi connectivity index (χ1n) is 7.18. The van der Waals surface area contributed by atoms with Gasteiger partial charge in [-0.3, -0.25) is 4.79 Å². The van der Waals surface area contributed by atoms with Gasteiger partial charge in [0.05, 0.1) is 16.3 Å². The molecule has 0 aliphatic heterocycles. The van der Waals surface area contributed by atoms with Crippen molar-refractivity contribution in [2.24, 2.45) is 0 Å². The van der Waals surface area contributed by atoms with Gasteiger partial charge in [-0.25, -0.2) is 4.79 Å². The fraction of sp³-hybridized carbons (Fsp3) is 0.176. The standard InChI is InChI=1S/C17H14ClF2NO3S/c1-10(15(22)21-14-5-3-2-4-13(14)18)24-16(23)11-6-8-12(9-7-11)25-17(19)20/h2-10,17H,1H3,(H,21,22). The number of anilines is 1. The molecular weight excluding hydrogens is 372 g/mol. The molecule has 8 heteroatoms. The molecule has 132 valence electrons. The lowest BCUT2D eigenvalue weighted by Gasteiger charge is -2.14. The van der Waals surface area contributed by atoms with E-state index in [2.05, 4.69) is 5.32 Å². The molecule has 0 aliphatic rings. The van der Waals surface area contributed by atoms with Crippen LogP contribution < -0.4 is 5.32 Å². The number of ether oxygens (including phenoxy) is 1. The third-order valence-corrected chi connectivity index (χ3v) is 4.15. The summed E-state index contributed by atoms with van der Waals surface area (Å²) in [7, 11) is 0. The highest BCUT2D eigenvalue weighted by Gasteiger charge is 2.20. The zero-order valence-electron chi connectivity index (χ0n) is 13.0. The van der Waals surface area contributed by atoms with Crippen molar-refractivity contribution in [1.29, 1.82) is 0 Å². The van der Waals surface area contributed by atoms with Crippen molar-refractivity contribution in [2.75, 3.05) is 5.32 Å². The highest BCUT2D eigenvalue weighted by molar-refractivity contribution is 7.99. The van der Waals surface area contributed by atoms with Gasteiger partial charge in [0, 0.05) is 4.90 Å². The monoisotopic (exact) mass is 385 g/mol. The number of halogens is 3. The number of alkyl halides is 2. The lowest BCUT2D eigenvalue weighted by Crippen LogP contribution is -2.30. The Labute approximate surface area is 152 Å². The largest absolute Gasteiger partial charge is 0.449 e. The van der Waals surface area contributed by atoms with Crippen molar-refractivity contribution in [2.45, 2.75) is 23.7 Å². The molecule has 2 aromatic carbocycles.